The summed E-state index contributed by atoms with van der Waals surface area (Å²) in [5.41, 5.74) is 0.541. The molecule has 0 atom stereocenters. The molecule has 3 heterocycles. The number of nitrogens with zero attached hydrogens (tertiary/aromatic N) is 5. The third-order valence-electron chi connectivity index (χ3n) is 5.01. The Hall–Kier alpha value is -3.62. The van der Waals surface area contributed by atoms with Crippen molar-refractivity contribution in [3.8, 4) is 5.88 Å². The molecule has 0 spiro atoms. The Morgan fingerprint density at radius 3 is 2.55 bits per heavy atom. The molecule has 9 heteroatoms. The van der Waals surface area contributed by atoms with E-state index < -0.39 is 5.56 Å². The quantitative estimate of drug-likeness (QED) is 0.676. The highest BCUT2D eigenvalue weighted by molar-refractivity contribution is 6.00. The van der Waals surface area contributed by atoms with E-state index in [0.717, 1.165) is 0 Å². The molecular weight excluding hydrogens is 377 g/mol. The van der Waals surface area contributed by atoms with Gasteiger partial charge in [-0.2, -0.15) is 4.98 Å². The lowest BCUT2D eigenvalue weighted by atomic mass is 10.2. The number of rotatable bonds is 4. The molecule has 3 aromatic rings. The third-order valence-corrected chi connectivity index (χ3v) is 5.01. The Morgan fingerprint density at radius 2 is 1.90 bits per heavy atom. The Balaban J connectivity index is 2.04. The smallest absolute Gasteiger partial charge is 0.276 e. The molecular formula is C20H20FN5O3. The van der Waals surface area contributed by atoms with E-state index in [1.54, 1.807) is 31.1 Å². The Bertz CT molecular complexity index is 1200. The summed E-state index contributed by atoms with van der Waals surface area (Å²) >= 11 is 0. The molecule has 1 aliphatic heterocycles. The van der Waals surface area contributed by atoms with Crippen LogP contribution in [0.4, 0.5) is 10.2 Å². The minimum absolute atomic E-state index is 0.108. The highest BCUT2D eigenvalue weighted by atomic mass is 19.1. The lowest BCUT2D eigenvalue weighted by molar-refractivity contribution is 0.0776. The van der Waals surface area contributed by atoms with E-state index in [9.17, 15) is 19.1 Å². The summed E-state index contributed by atoms with van der Waals surface area (Å²) in [4.78, 5) is 33.7. The second-order valence-corrected chi connectivity index (χ2v) is 7.07. The van der Waals surface area contributed by atoms with Gasteiger partial charge < -0.3 is 14.9 Å². The molecule has 0 bridgehead atoms. The van der Waals surface area contributed by atoms with Crippen molar-refractivity contribution in [1.82, 2.24) is 18.9 Å². The fraction of sp³-hybridized carbons (Fsp3) is 0.250. The molecule has 0 saturated heterocycles. The molecule has 0 unspecified atom stereocenters. The van der Waals surface area contributed by atoms with Crippen molar-refractivity contribution in [1.29, 1.82) is 0 Å². The normalized spacial score (nSPS) is 13.8. The number of imidazole rings is 1. The number of anilines is 1. The molecule has 1 aliphatic rings. The van der Waals surface area contributed by atoms with Crippen LogP contribution in [0.2, 0.25) is 0 Å². The van der Waals surface area contributed by atoms with Gasteiger partial charge in [0.1, 0.15) is 5.82 Å². The van der Waals surface area contributed by atoms with Crippen LogP contribution in [0.5, 0.6) is 5.88 Å². The number of halogens is 1. The first-order chi connectivity index (χ1) is 13.8. The minimum atomic E-state index is -0.440. The molecule has 1 amide bonds. The second-order valence-electron chi connectivity index (χ2n) is 7.07. The summed E-state index contributed by atoms with van der Waals surface area (Å²) in [6.07, 6.45) is 1.63. The molecule has 4 rings (SSSR count). The molecule has 0 radical (unpaired) electrons. The first-order valence-electron chi connectivity index (χ1n) is 9.02. The first-order valence-corrected chi connectivity index (χ1v) is 9.02. The number of hydrogen-bond donors (Lipinski definition) is 1. The van der Waals surface area contributed by atoms with Crippen LogP contribution in [-0.4, -0.2) is 50.6 Å². The molecule has 8 nitrogen and oxygen atoms in total. The average Bonchev–Trinajstić information content (AvgIpc) is 3.09. The van der Waals surface area contributed by atoms with Crippen molar-refractivity contribution in [3.63, 3.8) is 0 Å². The summed E-state index contributed by atoms with van der Waals surface area (Å²) in [5, 5.41) is 10.8. The number of fused-ring (bicyclic) bond motifs is 3. The van der Waals surface area contributed by atoms with Crippen LogP contribution in [0.3, 0.4) is 0 Å². The Morgan fingerprint density at radius 1 is 1.21 bits per heavy atom. The number of aromatic nitrogens is 3. The predicted molar refractivity (Wildman–Crippen MR) is 106 cm³/mol. The van der Waals surface area contributed by atoms with Crippen LogP contribution in [0.25, 0.3) is 5.78 Å². The van der Waals surface area contributed by atoms with Crippen LogP contribution in [0.15, 0.2) is 41.7 Å². The van der Waals surface area contributed by atoms with Crippen molar-refractivity contribution >= 4 is 17.5 Å². The number of carbonyl (C=O) groups is 1. The molecule has 1 N–H and O–H groups in total. The monoisotopic (exact) mass is 397 g/mol. The number of amides is 1. The summed E-state index contributed by atoms with van der Waals surface area (Å²) < 4.78 is 16.0. The van der Waals surface area contributed by atoms with Gasteiger partial charge in [-0.25, -0.2) is 8.79 Å². The van der Waals surface area contributed by atoms with E-state index in [-0.39, 0.29) is 47.6 Å². The topological polar surface area (TPSA) is 83.1 Å². The van der Waals surface area contributed by atoms with Crippen molar-refractivity contribution in [2.24, 2.45) is 0 Å². The maximum Gasteiger partial charge on any atom is 0.276 e. The number of allylic oxidation sites excluding steroid dienone is 1. The van der Waals surface area contributed by atoms with E-state index in [4.69, 9.17) is 0 Å². The molecule has 150 valence electrons. The van der Waals surface area contributed by atoms with Gasteiger partial charge in [-0.3, -0.25) is 14.2 Å². The van der Waals surface area contributed by atoms with E-state index in [0.29, 0.717) is 18.1 Å². The SMILES string of the molecule is C=CCc1c(O)n2c3c(nc2n(Cc2ccc(F)cc2)c1=O)N(C)CN(C)C3=O. The maximum absolute atomic E-state index is 13.3. The summed E-state index contributed by atoms with van der Waals surface area (Å²) in [7, 11) is 3.43. The second kappa shape index (κ2) is 6.77. The lowest BCUT2D eigenvalue weighted by Crippen LogP contribution is -2.43. The van der Waals surface area contributed by atoms with Gasteiger partial charge in [0.25, 0.3) is 11.5 Å². The van der Waals surface area contributed by atoms with Crippen molar-refractivity contribution in [2.75, 3.05) is 25.7 Å². The first kappa shape index (κ1) is 18.7. The number of benzene rings is 1. The standard InChI is InChI=1S/C20H20FN5O3/c1-4-5-14-17(27)25(10-12-6-8-13(21)9-7-12)20-22-16-15(26(20)18(14)28)19(29)24(3)11-23(16)2/h4,6-9,28H,1,5,10-11H2,2-3H3. The van der Waals surface area contributed by atoms with E-state index >= 15 is 0 Å². The fourth-order valence-corrected chi connectivity index (χ4v) is 3.59. The number of hydrogen-bond acceptors (Lipinski definition) is 5. The minimum Gasteiger partial charge on any atom is -0.494 e. The summed E-state index contributed by atoms with van der Waals surface area (Å²) in [5.74, 6) is -0.490. The van der Waals surface area contributed by atoms with E-state index in [1.807, 2.05) is 0 Å². The molecule has 1 aromatic carbocycles. The largest absolute Gasteiger partial charge is 0.494 e. The molecule has 2 aromatic heterocycles. The molecule has 0 fully saturated rings. The number of carbonyl (C=O) groups excluding carboxylic acids is 1. The fourth-order valence-electron chi connectivity index (χ4n) is 3.59. The van der Waals surface area contributed by atoms with Crippen molar-refractivity contribution < 1.29 is 14.3 Å². The highest BCUT2D eigenvalue weighted by Crippen LogP contribution is 2.30. The zero-order chi connectivity index (χ0) is 20.9. The van der Waals surface area contributed by atoms with E-state index in [2.05, 4.69) is 11.6 Å². The van der Waals surface area contributed by atoms with Gasteiger partial charge in [-0.15, -0.1) is 6.58 Å². The molecule has 29 heavy (non-hydrogen) atoms. The van der Waals surface area contributed by atoms with Gasteiger partial charge in [-0.05, 0) is 17.7 Å². The van der Waals surface area contributed by atoms with Gasteiger partial charge in [0, 0.05) is 20.5 Å². The average molecular weight is 397 g/mol. The third kappa shape index (κ3) is 2.86. The summed E-state index contributed by atoms with van der Waals surface area (Å²) in [6, 6.07) is 5.77. The van der Waals surface area contributed by atoms with E-state index in [1.165, 1.54) is 32.1 Å². The van der Waals surface area contributed by atoms with Gasteiger partial charge in [0.2, 0.25) is 11.7 Å². The van der Waals surface area contributed by atoms with Crippen LogP contribution in [-0.2, 0) is 13.0 Å². The number of aromatic hydroxyl groups is 1. The van der Waals surface area contributed by atoms with Gasteiger partial charge >= 0.3 is 0 Å². The van der Waals surface area contributed by atoms with Crippen LogP contribution >= 0.6 is 0 Å². The van der Waals surface area contributed by atoms with Gasteiger partial charge in [-0.1, -0.05) is 18.2 Å². The highest BCUT2D eigenvalue weighted by Gasteiger charge is 2.33. The van der Waals surface area contributed by atoms with Crippen molar-refractivity contribution in [2.45, 2.75) is 13.0 Å². The van der Waals surface area contributed by atoms with Crippen LogP contribution in [0, 0.1) is 5.82 Å². The maximum atomic E-state index is 13.3. The summed E-state index contributed by atoms with van der Waals surface area (Å²) in [6.45, 7) is 4.09. The van der Waals surface area contributed by atoms with Crippen LogP contribution < -0.4 is 10.5 Å². The zero-order valence-electron chi connectivity index (χ0n) is 16.1. The predicted octanol–water partition coefficient (Wildman–Crippen LogP) is 1.60. The Labute approximate surface area is 165 Å². The molecule has 0 aliphatic carbocycles. The lowest BCUT2D eigenvalue weighted by Gasteiger charge is -2.30. The van der Waals surface area contributed by atoms with Gasteiger partial charge in [0.15, 0.2) is 11.5 Å². The van der Waals surface area contributed by atoms with Gasteiger partial charge in [0.05, 0.1) is 18.8 Å². The van der Waals surface area contributed by atoms with Crippen molar-refractivity contribution in [3.05, 3.63) is 69.9 Å². The Kier molecular flexibility index (Phi) is 4.37. The zero-order valence-corrected chi connectivity index (χ0v) is 16.1. The molecule has 0 saturated carbocycles. The van der Waals surface area contributed by atoms with Crippen LogP contribution in [0.1, 0.15) is 21.6 Å².